The van der Waals surface area contributed by atoms with E-state index in [0.717, 1.165) is 16.6 Å². The van der Waals surface area contributed by atoms with Gasteiger partial charge < -0.3 is 9.88 Å². The summed E-state index contributed by atoms with van der Waals surface area (Å²) in [6.45, 7) is 6.78. The predicted molar refractivity (Wildman–Crippen MR) is 101 cm³/mol. The number of hydrogen-bond acceptors (Lipinski definition) is 1. The van der Waals surface area contributed by atoms with Crippen LogP contribution in [0, 0.1) is 0 Å². The van der Waals surface area contributed by atoms with Gasteiger partial charge in [-0.25, -0.2) is 0 Å². The fourth-order valence-electron chi connectivity index (χ4n) is 2.72. The molecule has 0 atom stereocenters. The van der Waals surface area contributed by atoms with E-state index in [9.17, 15) is 4.79 Å². The molecule has 24 heavy (non-hydrogen) atoms. The molecule has 1 aromatic heterocycles. The van der Waals surface area contributed by atoms with Gasteiger partial charge in [-0.3, -0.25) is 4.79 Å². The van der Waals surface area contributed by atoms with Crippen molar-refractivity contribution in [3.05, 3.63) is 65.3 Å². The summed E-state index contributed by atoms with van der Waals surface area (Å²) in [6, 6.07) is 15.7. The van der Waals surface area contributed by atoms with Crippen LogP contribution < -0.4 is 5.32 Å². The van der Waals surface area contributed by atoms with Gasteiger partial charge in [0.2, 0.25) is 5.91 Å². The first-order valence-electron chi connectivity index (χ1n) is 7.98. The van der Waals surface area contributed by atoms with Crippen molar-refractivity contribution < 1.29 is 4.79 Å². The van der Waals surface area contributed by atoms with Crippen molar-refractivity contribution in [2.75, 3.05) is 5.32 Å². The molecule has 3 nitrogen and oxygen atoms in total. The molecule has 0 aliphatic carbocycles. The molecular formula is C20H21ClN2O. The number of nitrogens with zero attached hydrogens (tertiary/aromatic N) is 1. The van der Waals surface area contributed by atoms with Crippen LogP contribution in [0.3, 0.4) is 0 Å². The molecule has 2 aromatic carbocycles. The highest BCUT2D eigenvalue weighted by Gasteiger charge is 2.13. The van der Waals surface area contributed by atoms with E-state index in [1.165, 1.54) is 5.56 Å². The molecule has 0 bridgehead atoms. The maximum atomic E-state index is 12.3. The van der Waals surface area contributed by atoms with Gasteiger partial charge >= 0.3 is 0 Å². The number of nitrogens with one attached hydrogen (secondary N) is 1. The summed E-state index contributed by atoms with van der Waals surface area (Å²) in [5.74, 6) is -0.0500. The monoisotopic (exact) mass is 340 g/mol. The lowest BCUT2D eigenvalue weighted by Crippen LogP contribution is -2.18. The summed E-state index contributed by atoms with van der Waals surface area (Å²) in [4.78, 5) is 12.3. The lowest BCUT2D eigenvalue weighted by atomic mass is 9.87. The van der Waals surface area contributed by atoms with Gasteiger partial charge in [-0.05, 0) is 47.4 Å². The van der Waals surface area contributed by atoms with E-state index < -0.39 is 0 Å². The maximum Gasteiger partial charge on any atom is 0.244 e. The Kier molecular flexibility index (Phi) is 4.37. The van der Waals surface area contributed by atoms with Crippen LogP contribution in [0.4, 0.5) is 5.69 Å². The number of rotatable bonds is 3. The first kappa shape index (κ1) is 16.6. The van der Waals surface area contributed by atoms with Crippen molar-refractivity contribution in [1.29, 1.82) is 0 Å². The van der Waals surface area contributed by atoms with Gasteiger partial charge in [0.1, 0.15) is 6.54 Å². The standard InChI is InChI=1S/C20H21ClN2O/c1-20(2,3)15-4-7-17(8-5-15)22-19(24)13-23-11-10-14-12-16(21)6-9-18(14)23/h4-12H,13H2,1-3H3,(H,22,24). The van der Waals surface area contributed by atoms with Gasteiger partial charge in [0.15, 0.2) is 0 Å². The SMILES string of the molecule is CC(C)(C)c1ccc(NC(=O)Cn2ccc3cc(Cl)ccc32)cc1. The Hall–Kier alpha value is -2.26. The molecule has 3 aromatic rings. The molecule has 0 unspecified atom stereocenters. The van der Waals surface area contributed by atoms with E-state index in [1.54, 1.807) is 0 Å². The van der Waals surface area contributed by atoms with E-state index >= 15 is 0 Å². The Bertz CT molecular complexity index is 873. The van der Waals surface area contributed by atoms with Crippen LogP contribution in [0.15, 0.2) is 54.7 Å². The molecule has 0 saturated carbocycles. The highest BCUT2D eigenvalue weighted by molar-refractivity contribution is 6.31. The Balaban J connectivity index is 1.71. The second-order valence-corrected chi connectivity index (χ2v) is 7.46. The van der Waals surface area contributed by atoms with Crippen LogP contribution >= 0.6 is 11.6 Å². The first-order chi connectivity index (χ1) is 11.3. The van der Waals surface area contributed by atoms with Crippen molar-refractivity contribution in [3.63, 3.8) is 0 Å². The molecular weight excluding hydrogens is 320 g/mol. The van der Waals surface area contributed by atoms with Crippen LogP contribution in [0.25, 0.3) is 10.9 Å². The quantitative estimate of drug-likeness (QED) is 0.695. The third-order valence-electron chi connectivity index (χ3n) is 4.08. The number of hydrogen-bond donors (Lipinski definition) is 1. The molecule has 1 N–H and O–H groups in total. The van der Waals surface area contributed by atoms with Gasteiger partial charge in [0.25, 0.3) is 0 Å². The van der Waals surface area contributed by atoms with E-state index in [-0.39, 0.29) is 17.9 Å². The molecule has 0 radical (unpaired) electrons. The molecule has 0 saturated heterocycles. The zero-order valence-corrected chi connectivity index (χ0v) is 14.9. The summed E-state index contributed by atoms with van der Waals surface area (Å²) in [5.41, 5.74) is 3.16. The Morgan fingerprint density at radius 2 is 1.79 bits per heavy atom. The second kappa shape index (κ2) is 6.33. The highest BCUT2D eigenvalue weighted by atomic mass is 35.5. The highest BCUT2D eigenvalue weighted by Crippen LogP contribution is 2.24. The fourth-order valence-corrected chi connectivity index (χ4v) is 2.90. The van der Waals surface area contributed by atoms with E-state index in [1.807, 2.05) is 47.2 Å². The van der Waals surface area contributed by atoms with Gasteiger partial charge in [0, 0.05) is 27.8 Å². The summed E-state index contributed by atoms with van der Waals surface area (Å²) in [5, 5.41) is 4.68. The Morgan fingerprint density at radius 1 is 1.08 bits per heavy atom. The summed E-state index contributed by atoms with van der Waals surface area (Å²) >= 11 is 6.00. The normalized spacial score (nSPS) is 11.7. The Morgan fingerprint density at radius 3 is 2.46 bits per heavy atom. The number of fused-ring (bicyclic) bond motifs is 1. The van der Waals surface area contributed by atoms with Crippen LogP contribution in [0.1, 0.15) is 26.3 Å². The number of amides is 1. The number of benzene rings is 2. The molecule has 124 valence electrons. The lowest BCUT2D eigenvalue weighted by molar-refractivity contribution is -0.116. The predicted octanol–water partition coefficient (Wildman–Crippen LogP) is 5.23. The van der Waals surface area contributed by atoms with Crippen molar-refractivity contribution in [3.8, 4) is 0 Å². The maximum absolute atomic E-state index is 12.3. The number of halogens is 1. The zero-order valence-electron chi connectivity index (χ0n) is 14.1. The number of carbonyl (C=O) groups excluding carboxylic acids is 1. The van der Waals surface area contributed by atoms with E-state index in [2.05, 4.69) is 38.2 Å². The molecule has 4 heteroatoms. The van der Waals surface area contributed by atoms with Crippen LogP contribution in [-0.4, -0.2) is 10.5 Å². The average Bonchev–Trinajstić information content (AvgIpc) is 2.89. The number of carbonyl (C=O) groups is 1. The summed E-state index contributed by atoms with van der Waals surface area (Å²) in [6.07, 6.45) is 1.91. The van der Waals surface area contributed by atoms with Crippen molar-refractivity contribution >= 4 is 34.1 Å². The average molecular weight is 341 g/mol. The molecule has 1 heterocycles. The smallest absolute Gasteiger partial charge is 0.244 e. The number of aromatic nitrogens is 1. The van der Waals surface area contributed by atoms with Crippen molar-refractivity contribution in [2.45, 2.75) is 32.7 Å². The van der Waals surface area contributed by atoms with E-state index in [4.69, 9.17) is 11.6 Å². The minimum atomic E-state index is -0.0500. The molecule has 1 amide bonds. The van der Waals surface area contributed by atoms with Crippen LogP contribution in [0.5, 0.6) is 0 Å². The molecule has 0 fully saturated rings. The van der Waals surface area contributed by atoms with Gasteiger partial charge in [0.05, 0.1) is 0 Å². The Labute approximate surface area is 147 Å². The van der Waals surface area contributed by atoms with Gasteiger partial charge in [-0.2, -0.15) is 0 Å². The zero-order chi connectivity index (χ0) is 17.3. The molecule has 0 spiro atoms. The fraction of sp³-hybridized carbons (Fsp3) is 0.250. The van der Waals surface area contributed by atoms with Crippen molar-refractivity contribution in [1.82, 2.24) is 4.57 Å². The largest absolute Gasteiger partial charge is 0.338 e. The first-order valence-corrected chi connectivity index (χ1v) is 8.35. The second-order valence-electron chi connectivity index (χ2n) is 7.02. The van der Waals surface area contributed by atoms with Gasteiger partial charge in [-0.15, -0.1) is 0 Å². The molecule has 3 rings (SSSR count). The van der Waals surface area contributed by atoms with Crippen LogP contribution in [0.2, 0.25) is 5.02 Å². The third kappa shape index (κ3) is 3.62. The minimum absolute atomic E-state index is 0.0500. The topological polar surface area (TPSA) is 34.0 Å². The van der Waals surface area contributed by atoms with E-state index in [0.29, 0.717) is 5.02 Å². The summed E-state index contributed by atoms with van der Waals surface area (Å²) in [7, 11) is 0. The minimum Gasteiger partial charge on any atom is -0.338 e. The molecule has 0 aliphatic heterocycles. The lowest BCUT2D eigenvalue weighted by Gasteiger charge is -2.19. The van der Waals surface area contributed by atoms with Crippen LogP contribution in [-0.2, 0) is 16.8 Å². The number of anilines is 1. The van der Waals surface area contributed by atoms with Crippen molar-refractivity contribution in [2.24, 2.45) is 0 Å². The third-order valence-corrected chi connectivity index (χ3v) is 4.32. The molecule has 0 aliphatic rings. The summed E-state index contributed by atoms with van der Waals surface area (Å²) < 4.78 is 1.92. The van der Waals surface area contributed by atoms with Gasteiger partial charge in [-0.1, -0.05) is 44.5 Å².